The fraction of sp³-hybridized carbons (Fsp3) is 0.188. The molecule has 7 nitrogen and oxygen atoms in total. The number of phenols is 1. The number of ether oxygens (including phenoxy) is 1. The number of nitrogens with one attached hydrogen (secondary N) is 2. The Bertz CT molecular complexity index is 871. The number of amides is 1. The Labute approximate surface area is 154 Å². The van der Waals surface area contributed by atoms with Gasteiger partial charge in [-0.2, -0.15) is 0 Å². The van der Waals surface area contributed by atoms with Gasteiger partial charge in [0.25, 0.3) is 5.91 Å². The van der Waals surface area contributed by atoms with E-state index in [2.05, 4.69) is 26.0 Å². The van der Waals surface area contributed by atoms with Gasteiger partial charge < -0.3 is 15.2 Å². The largest absolute Gasteiger partial charge is 0.506 e. The van der Waals surface area contributed by atoms with Crippen LogP contribution in [-0.4, -0.2) is 39.7 Å². The Morgan fingerprint density at radius 3 is 2.64 bits per heavy atom. The van der Waals surface area contributed by atoms with E-state index in [9.17, 15) is 18.3 Å². The summed E-state index contributed by atoms with van der Waals surface area (Å²) in [6.07, 6.45) is 0. The second-order valence-corrected chi connectivity index (χ2v) is 7.62. The summed E-state index contributed by atoms with van der Waals surface area (Å²) in [5.74, 6) is -0.640. The van der Waals surface area contributed by atoms with E-state index < -0.39 is 15.9 Å². The number of carbonyl (C=O) groups excluding carboxylic acids is 1. The summed E-state index contributed by atoms with van der Waals surface area (Å²) in [6.45, 7) is 0.352. The number of aromatic hydroxyl groups is 1. The predicted octanol–water partition coefficient (Wildman–Crippen LogP) is 2.33. The van der Waals surface area contributed by atoms with Crippen molar-refractivity contribution in [1.82, 2.24) is 4.72 Å². The Hall–Kier alpha value is -1.94. The van der Waals surface area contributed by atoms with Crippen LogP contribution in [0.3, 0.4) is 0 Å². The van der Waals surface area contributed by atoms with E-state index in [1.165, 1.54) is 37.4 Å². The Kier molecular flexibility index (Phi) is 6.54. The second kappa shape index (κ2) is 8.43. The van der Waals surface area contributed by atoms with Gasteiger partial charge in [-0.15, -0.1) is 0 Å². The first-order valence-electron chi connectivity index (χ1n) is 7.22. The summed E-state index contributed by atoms with van der Waals surface area (Å²) in [6, 6.07) is 10.4. The average molecular weight is 429 g/mol. The molecule has 25 heavy (non-hydrogen) atoms. The van der Waals surface area contributed by atoms with Crippen LogP contribution in [0.4, 0.5) is 5.69 Å². The van der Waals surface area contributed by atoms with Crippen LogP contribution in [0.25, 0.3) is 0 Å². The van der Waals surface area contributed by atoms with E-state index >= 15 is 0 Å². The van der Waals surface area contributed by atoms with E-state index in [1.54, 1.807) is 12.1 Å². The third-order valence-electron chi connectivity index (χ3n) is 3.24. The van der Waals surface area contributed by atoms with Crippen LogP contribution in [0.2, 0.25) is 0 Å². The number of hydrogen-bond acceptors (Lipinski definition) is 5. The van der Waals surface area contributed by atoms with Crippen LogP contribution in [0, 0.1) is 0 Å². The molecule has 0 heterocycles. The molecule has 2 rings (SSSR count). The van der Waals surface area contributed by atoms with Gasteiger partial charge in [-0.25, -0.2) is 13.1 Å². The number of methoxy groups -OCH3 is 1. The summed E-state index contributed by atoms with van der Waals surface area (Å²) < 4.78 is 32.1. The number of carbonyl (C=O) groups is 1. The fourth-order valence-electron chi connectivity index (χ4n) is 1.98. The lowest BCUT2D eigenvalue weighted by Crippen LogP contribution is -2.27. The maximum absolute atomic E-state index is 12.4. The highest BCUT2D eigenvalue weighted by molar-refractivity contribution is 9.10. The molecule has 0 radical (unpaired) electrons. The van der Waals surface area contributed by atoms with Crippen molar-refractivity contribution in [1.29, 1.82) is 0 Å². The Morgan fingerprint density at radius 1 is 1.24 bits per heavy atom. The first kappa shape index (κ1) is 19.4. The standard InChI is InChI=1S/C16H17BrN2O5S/c1-24-9-8-18-25(22,23)11-6-7-13(17)12(10-11)16(21)19-14-4-2-3-5-15(14)20/h2-7,10,18,20H,8-9H2,1H3,(H,19,21). The van der Waals surface area contributed by atoms with Crippen molar-refractivity contribution in [2.24, 2.45) is 0 Å². The van der Waals surface area contributed by atoms with Crippen molar-refractivity contribution >= 4 is 37.5 Å². The first-order chi connectivity index (χ1) is 11.8. The molecule has 2 aromatic rings. The molecule has 0 fully saturated rings. The molecule has 0 aliphatic carbocycles. The van der Waals surface area contributed by atoms with Gasteiger partial charge in [-0.3, -0.25) is 4.79 Å². The van der Waals surface area contributed by atoms with Gasteiger partial charge in [0, 0.05) is 18.1 Å². The van der Waals surface area contributed by atoms with Crippen LogP contribution < -0.4 is 10.0 Å². The van der Waals surface area contributed by atoms with Crippen LogP contribution in [0.5, 0.6) is 5.75 Å². The SMILES string of the molecule is COCCNS(=O)(=O)c1ccc(Br)c(C(=O)Nc2ccccc2O)c1. The molecule has 0 saturated carbocycles. The van der Waals surface area contributed by atoms with Gasteiger partial charge in [-0.1, -0.05) is 12.1 Å². The zero-order chi connectivity index (χ0) is 18.4. The minimum absolute atomic E-state index is 0.0470. The highest BCUT2D eigenvalue weighted by Gasteiger charge is 2.19. The number of benzene rings is 2. The van der Waals surface area contributed by atoms with Crippen molar-refractivity contribution in [3.63, 3.8) is 0 Å². The number of sulfonamides is 1. The zero-order valence-corrected chi connectivity index (χ0v) is 15.7. The predicted molar refractivity (Wildman–Crippen MR) is 97.3 cm³/mol. The number of para-hydroxylation sites is 2. The lowest BCUT2D eigenvalue weighted by molar-refractivity contribution is 0.102. The molecule has 1 amide bonds. The van der Waals surface area contributed by atoms with Crippen LogP contribution >= 0.6 is 15.9 Å². The summed E-state index contributed by atoms with van der Waals surface area (Å²) in [5, 5.41) is 12.3. The van der Waals surface area contributed by atoms with Crippen molar-refractivity contribution in [2.45, 2.75) is 4.90 Å². The summed E-state index contributed by atoms with van der Waals surface area (Å²) >= 11 is 3.23. The van der Waals surface area contributed by atoms with Crippen molar-refractivity contribution in [3.05, 3.63) is 52.5 Å². The minimum atomic E-state index is -3.77. The maximum atomic E-state index is 12.4. The van der Waals surface area contributed by atoms with E-state index in [0.29, 0.717) is 4.47 Å². The van der Waals surface area contributed by atoms with Gasteiger partial charge in [0.2, 0.25) is 10.0 Å². The van der Waals surface area contributed by atoms with Gasteiger partial charge in [-0.05, 0) is 46.3 Å². The zero-order valence-electron chi connectivity index (χ0n) is 13.3. The van der Waals surface area contributed by atoms with Gasteiger partial charge in [0.05, 0.1) is 22.8 Å². The van der Waals surface area contributed by atoms with E-state index in [4.69, 9.17) is 4.74 Å². The fourth-order valence-corrected chi connectivity index (χ4v) is 3.44. The molecule has 0 aliphatic heterocycles. The number of halogens is 1. The molecular formula is C16H17BrN2O5S. The van der Waals surface area contributed by atoms with E-state index in [-0.39, 0.29) is 35.0 Å². The molecule has 9 heteroatoms. The monoisotopic (exact) mass is 428 g/mol. The molecule has 0 saturated heterocycles. The Morgan fingerprint density at radius 2 is 1.96 bits per heavy atom. The van der Waals surface area contributed by atoms with Gasteiger partial charge in [0.15, 0.2) is 0 Å². The molecule has 0 unspecified atom stereocenters. The topological polar surface area (TPSA) is 105 Å². The molecule has 134 valence electrons. The van der Waals surface area contributed by atoms with Gasteiger partial charge >= 0.3 is 0 Å². The Balaban J connectivity index is 2.26. The highest BCUT2D eigenvalue weighted by Crippen LogP contribution is 2.25. The number of hydrogen-bond donors (Lipinski definition) is 3. The highest BCUT2D eigenvalue weighted by atomic mass is 79.9. The quantitative estimate of drug-likeness (QED) is 0.463. The second-order valence-electron chi connectivity index (χ2n) is 5.00. The lowest BCUT2D eigenvalue weighted by atomic mass is 10.2. The third kappa shape index (κ3) is 5.02. The molecular weight excluding hydrogens is 412 g/mol. The minimum Gasteiger partial charge on any atom is -0.506 e. The molecule has 0 aromatic heterocycles. The summed E-state index contributed by atoms with van der Waals surface area (Å²) in [4.78, 5) is 12.4. The number of anilines is 1. The normalized spacial score (nSPS) is 11.3. The molecule has 0 atom stereocenters. The lowest BCUT2D eigenvalue weighted by Gasteiger charge is -2.11. The molecule has 0 bridgehead atoms. The first-order valence-corrected chi connectivity index (χ1v) is 9.50. The maximum Gasteiger partial charge on any atom is 0.256 e. The van der Waals surface area contributed by atoms with E-state index in [0.717, 1.165) is 0 Å². The number of rotatable bonds is 7. The van der Waals surface area contributed by atoms with Crippen molar-refractivity contribution in [3.8, 4) is 5.75 Å². The molecule has 2 aromatic carbocycles. The van der Waals surface area contributed by atoms with Crippen molar-refractivity contribution in [2.75, 3.05) is 25.6 Å². The number of phenolic OH excluding ortho intramolecular Hbond substituents is 1. The molecule has 3 N–H and O–H groups in total. The van der Waals surface area contributed by atoms with Crippen molar-refractivity contribution < 1.29 is 23.1 Å². The summed E-state index contributed by atoms with van der Waals surface area (Å²) in [7, 11) is -2.30. The average Bonchev–Trinajstić information content (AvgIpc) is 2.57. The van der Waals surface area contributed by atoms with Crippen LogP contribution in [0.1, 0.15) is 10.4 Å². The van der Waals surface area contributed by atoms with Crippen LogP contribution in [0.15, 0.2) is 51.8 Å². The third-order valence-corrected chi connectivity index (χ3v) is 5.39. The smallest absolute Gasteiger partial charge is 0.256 e. The summed E-state index contributed by atoms with van der Waals surface area (Å²) in [5.41, 5.74) is 0.351. The van der Waals surface area contributed by atoms with E-state index in [1.807, 2.05) is 0 Å². The molecule has 0 aliphatic rings. The van der Waals surface area contributed by atoms with Crippen LogP contribution in [-0.2, 0) is 14.8 Å². The van der Waals surface area contributed by atoms with Gasteiger partial charge in [0.1, 0.15) is 5.75 Å². The molecule has 0 spiro atoms.